The van der Waals surface area contributed by atoms with Gasteiger partial charge in [-0.3, -0.25) is 9.69 Å². The van der Waals surface area contributed by atoms with Gasteiger partial charge in [-0.2, -0.15) is 0 Å². The number of carbonyl (C=O) groups is 3. The Morgan fingerprint density at radius 2 is 1.74 bits per heavy atom. The normalized spacial score (nSPS) is 23.0. The highest BCUT2D eigenvalue weighted by Crippen LogP contribution is 2.40. The fourth-order valence-corrected chi connectivity index (χ4v) is 3.76. The topological polar surface area (TPSA) is 137 Å². The summed E-state index contributed by atoms with van der Waals surface area (Å²) in [6.07, 6.45) is -3.18. The maximum atomic E-state index is 13.3. The Morgan fingerprint density at radius 3 is 2.29 bits per heavy atom. The van der Waals surface area contributed by atoms with E-state index in [1.165, 1.54) is 17.0 Å². The van der Waals surface area contributed by atoms with Gasteiger partial charge in [0.05, 0.1) is 16.7 Å². The zero-order valence-electron chi connectivity index (χ0n) is 17.2. The fraction of sp³-hybridized carbons (Fsp3) is 0.550. The molecule has 11 heteroatoms. The van der Waals surface area contributed by atoms with E-state index in [2.05, 4.69) is 0 Å². The molecule has 2 aliphatic heterocycles. The Labute approximate surface area is 183 Å². The first-order valence-electron chi connectivity index (χ1n) is 9.93. The Balaban J connectivity index is 1.93. The van der Waals surface area contributed by atoms with Crippen molar-refractivity contribution < 1.29 is 39.2 Å². The number of β-amino-alcohol motifs (C(OH)–C–C–N with tert-alkyl or cyclic N) is 1. The lowest BCUT2D eigenvalue weighted by Gasteiger charge is -2.40. The maximum Gasteiger partial charge on any atom is 0.343 e. The number of rotatable bonds is 6. The van der Waals surface area contributed by atoms with Crippen LogP contribution in [0.15, 0.2) is 12.1 Å². The molecule has 1 amide bonds. The van der Waals surface area contributed by atoms with E-state index in [1.54, 1.807) is 7.05 Å². The van der Waals surface area contributed by atoms with E-state index in [4.69, 9.17) is 21.1 Å². The minimum atomic E-state index is -2.18. The molecule has 2 heterocycles. The fourth-order valence-electron chi connectivity index (χ4n) is 3.57. The molecule has 1 aromatic rings. The van der Waals surface area contributed by atoms with Gasteiger partial charge in [-0.05, 0) is 18.6 Å². The van der Waals surface area contributed by atoms with Gasteiger partial charge >= 0.3 is 11.9 Å². The molecule has 31 heavy (non-hydrogen) atoms. The number of fused-ring (bicyclic) bond motifs is 1. The standard InChI is InChI=1S/C20H25ClN2O8/c1-3-4-10(7-23-8-11(24)9-23)22(2)18(27)12-5-6-13(21)17-16(12)30-19(28)14(25)15(26)20(29)31-17/h5-6,10-11,14-15,24-26H,3-4,7-9H2,1-2H3/t10-,14?,15?/m0/s1. The van der Waals surface area contributed by atoms with E-state index < -0.39 is 35.8 Å². The molecule has 0 aromatic heterocycles. The number of aliphatic hydroxyl groups excluding tert-OH is 3. The molecule has 3 atom stereocenters. The molecule has 1 aromatic carbocycles. The number of esters is 2. The van der Waals surface area contributed by atoms with Crippen molar-refractivity contribution in [3.63, 3.8) is 0 Å². The van der Waals surface area contributed by atoms with Crippen molar-refractivity contribution in [2.45, 2.75) is 44.1 Å². The summed E-state index contributed by atoms with van der Waals surface area (Å²) in [5, 5.41) is 28.9. The highest BCUT2D eigenvalue weighted by molar-refractivity contribution is 6.32. The molecule has 2 aliphatic rings. The van der Waals surface area contributed by atoms with Gasteiger partial charge in [0.2, 0.25) is 0 Å². The van der Waals surface area contributed by atoms with Crippen LogP contribution in [0.25, 0.3) is 0 Å². The zero-order chi connectivity index (χ0) is 22.9. The van der Waals surface area contributed by atoms with Crippen molar-refractivity contribution in [2.24, 2.45) is 0 Å². The average Bonchev–Trinajstić information content (AvgIpc) is 2.71. The minimum absolute atomic E-state index is 0.0867. The number of halogens is 1. The molecule has 1 saturated heterocycles. The lowest BCUT2D eigenvalue weighted by molar-refractivity contribution is -0.164. The third-order valence-corrected chi connectivity index (χ3v) is 5.68. The smallest absolute Gasteiger partial charge is 0.343 e. The monoisotopic (exact) mass is 456 g/mol. The molecule has 3 N–H and O–H groups in total. The van der Waals surface area contributed by atoms with Crippen molar-refractivity contribution in [2.75, 3.05) is 26.7 Å². The van der Waals surface area contributed by atoms with Gasteiger partial charge in [-0.15, -0.1) is 0 Å². The van der Waals surface area contributed by atoms with Gasteiger partial charge in [0, 0.05) is 32.7 Å². The summed E-state index contributed by atoms with van der Waals surface area (Å²) < 4.78 is 10.1. The molecule has 2 unspecified atom stereocenters. The molecule has 0 bridgehead atoms. The van der Waals surface area contributed by atoms with Crippen molar-refractivity contribution in [3.05, 3.63) is 22.7 Å². The molecule has 0 saturated carbocycles. The Kier molecular flexibility index (Phi) is 7.17. The summed E-state index contributed by atoms with van der Waals surface area (Å²) in [6, 6.07) is 2.46. The predicted octanol–water partition coefficient (Wildman–Crippen LogP) is -0.197. The lowest BCUT2D eigenvalue weighted by atomic mass is 10.0. The van der Waals surface area contributed by atoms with Crippen LogP contribution in [0.4, 0.5) is 0 Å². The molecular formula is C20H25ClN2O8. The molecule has 170 valence electrons. The third kappa shape index (κ3) is 4.83. The van der Waals surface area contributed by atoms with E-state index in [1.807, 2.05) is 11.8 Å². The summed E-state index contributed by atoms with van der Waals surface area (Å²) in [5.74, 6) is -3.91. The Bertz CT molecular complexity index is 873. The quantitative estimate of drug-likeness (QED) is 0.392. The van der Waals surface area contributed by atoms with Gasteiger partial charge in [0.25, 0.3) is 5.91 Å². The van der Waals surface area contributed by atoms with Crippen molar-refractivity contribution >= 4 is 29.4 Å². The maximum absolute atomic E-state index is 13.3. The molecule has 0 radical (unpaired) electrons. The summed E-state index contributed by atoms with van der Waals surface area (Å²) >= 11 is 6.07. The number of aliphatic hydroxyl groups is 3. The SMILES string of the molecule is CCC[C@@H](CN1CC(O)C1)N(C)C(=O)c1ccc(Cl)c2c1OC(=O)C(O)C(O)C(=O)O2. The largest absolute Gasteiger partial charge is 0.420 e. The average molecular weight is 457 g/mol. The zero-order valence-corrected chi connectivity index (χ0v) is 17.9. The van der Waals surface area contributed by atoms with E-state index in [0.29, 0.717) is 26.1 Å². The van der Waals surface area contributed by atoms with Gasteiger partial charge < -0.3 is 29.7 Å². The first-order chi connectivity index (χ1) is 14.6. The second-order valence-electron chi connectivity index (χ2n) is 7.72. The molecule has 0 aliphatic carbocycles. The van der Waals surface area contributed by atoms with Crippen LogP contribution in [0.2, 0.25) is 5.02 Å². The van der Waals surface area contributed by atoms with E-state index in [9.17, 15) is 29.7 Å². The third-order valence-electron chi connectivity index (χ3n) is 5.38. The van der Waals surface area contributed by atoms with Crippen LogP contribution >= 0.6 is 11.6 Å². The van der Waals surface area contributed by atoms with Crippen LogP contribution in [-0.2, 0) is 9.59 Å². The van der Waals surface area contributed by atoms with Gasteiger partial charge in [0.1, 0.15) is 0 Å². The molecule has 0 spiro atoms. The number of carbonyl (C=O) groups excluding carboxylic acids is 3. The van der Waals surface area contributed by atoms with Crippen LogP contribution in [0.1, 0.15) is 30.1 Å². The molecule has 10 nitrogen and oxygen atoms in total. The number of hydrogen-bond acceptors (Lipinski definition) is 9. The number of nitrogens with zero attached hydrogens (tertiary/aromatic N) is 2. The second kappa shape index (κ2) is 9.49. The van der Waals surface area contributed by atoms with Gasteiger partial charge in [-0.1, -0.05) is 24.9 Å². The van der Waals surface area contributed by atoms with Gasteiger partial charge in [-0.25, -0.2) is 9.59 Å². The number of hydrogen-bond donors (Lipinski definition) is 3. The predicted molar refractivity (Wildman–Crippen MR) is 108 cm³/mol. The van der Waals surface area contributed by atoms with E-state index >= 15 is 0 Å². The number of benzene rings is 1. The molecule has 3 rings (SSSR count). The summed E-state index contributed by atoms with van der Waals surface area (Å²) in [6.45, 7) is 3.61. The van der Waals surface area contributed by atoms with Crippen molar-refractivity contribution in [3.8, 4) is 11.5 Å². The van der Waals surface area contributed by atoms with E-state index in [-0.39, 0.29) is 28.5 Å². The Hall–Kier alpha value is -2.24. The number of ether oxygens (including phenoxy) is 2. The Morgan fingerprint density at radius 1 is 1.16 bits per heavy atom. The van der Waals surface area contributed by atoms with Crippen LogP contribution in [0, 0.1) is 0 Å². The second-order valence-corrected chi connectivity index (χ2v) is 8.12. The lowest BCUT2D eigenvalue weighted by Crippen LogP contribution is -2.55. The van der Waals surface area contributed by atoms with Gasteiger partial charge in [0.15, 0.2) is 23.7 Å². The summed E-state index contributed by atoms with van der Waals surface area (Å²) in [7, 11) is 1.61. The number of likely N-dealkylation sites (tertiary alicyclic amines) is 1. The molecular weight excluding hydrogens is 432 g/mol. The number of likely N-dealkylation sites (N-methyl/N-ethyl adjacent to an activating group) is 1. The summed E-state index contributed by atoms with van der Waals surface area (Å²) in [4.78, 5) is 41.0. The molecule has 1 fully saturated rings. The van der Waals surface area contributed by atoms with Crippen LogP contribution in [-0.4, -0.2) is 94.0 Å². The van der Waals surface area contributed by atoms with Crippen molar-refractivity contribution in [1.82, 2.24) is 9.80 Å². The van der Waals surface area contributed by atoms with E-state index in [0.717, 1.165) is 6.42 Å². The van der Waals surface area contributed by atoms with Crippen LogP contribution in [0.3, 0.4) is 0 Å². The number of amides is 1. The van der Waals surface area contributed by atoms with Crippen LogP contribution < -0.4 is 9.47 Å². The highest BCUT2D eigenvalue weighted by atomic mass is 35.5. The summed E-state index contributed by atoms with van der Waals surface area (Å²) in [5.41, 5.74) is -0.0867. The van der Waals surface area contributed by atoms with Crippen LogP contribution in [0.5, 0.6) is 11.5 Å². The van der Waals surface area contributed by atoms with Crippen molar-refractivity contribution in [1.29, 1.82) is 0 Å². The first-order valence-corrected chi connectivity index (χ1v) is 10.3. The first kappa shape index (κ1) is 23.4. The highest BCUT2D eigenvalue weighted by Gasteiger charge is 2.39. The minimum Gasteiger partial charge on any atom is -0.420 e.